The molecule has 0 heterocycles. The number of hydrogen-bond acceptors (Lipinski definition) is 1. The van der Waals surface area contributed by atoms with Crippen LogP contribution in [-0.4, -0.2) is 0 Å². The van der Waals surface area contributed by atoms with Crippen LogP contribution in [0, 0.1) is 19.8 Å². The van der Waals surface area contributed by atoms with E-state index in [2.05, 4.69) is 39.0 Å². The Morgan fingerprint density at radius 1 is 1.29 bits per heavy atom. The highest BCUT2D eigenvalue weighted by Crippen LogP contribution is 2.42. The summed E-state index contributed by atoms with van der Waals surface area (Å²) in [5, 5.41) is 0. The largest absolute Gasteiger partial charge is 0.321 e. The first-order valence-electron chi connectivity index (χ1n) is 6.94. The van der Waals surface area contributed by atoms with Crippen molar-refractivity contribution in [1.29, 1.82) is 0 Å². The van der Waals surface area contributed by atoms with Gasteiger partial charge in [0.1, 0.15) is 0 Å². The molecule has 2 rings (SSSR count). The number of hydrogen-bond donors (Lipinski definition) is 1. The first kappa shape index (κ1) is 12.6. The third kappa shape index (κ3) is 2.26. The summed E-state index contributed by atoms with van der Waals surface area (Å²) in [5.41, 5.74) is 10.8. The second kappa shape index (κ2) is 4.81. The van der Waals surface area contributed by atoms with Crippen LogP contribution in [0.4, 0.5) is 0 Å². The summed E-state index contributed by atoms with van der Waals surface area (Å²) in [4.78, 5) is 0. The lowest BCUT2D eigenvalue weighted by molar-refractivity contribution is 0.183. The molecule has 1 aromatic carbocycles. The molecule has 0 aromatic heterocycles. The Kier molecular flexibility index (Phi) is 3.58. The van der Waals surface area contributed by atoms with Gasteiger partial charge in [0, 0.05) is 5.54 Å². The minimum absolute atomic E-state index is 0.0803. The normalized spacial score (nSPS) is 29.3. The van der Waals surface area contributed by atoms with E-state index in [0.717, 1.165) is 6.42 Å². The van der Waals surface area contributed by atoms with Gasteiger partial charge in [-0.2, -0.15) is 0 Å². The van der Waals surface area contributed by atoms with Gasteiger partial charge in [0.25, 0.3) is 0 Å². The Balaban J connectivity index is 2.44. The van der Waals surface area contributed by atoms with Crippen molar-refractivity contribution in [1.82, 2.24) is 0 Å². The molecule has 2 atom stereocenters. The van der Waals surface area contributed by atoms with Gasteiger partial charge in [-0.25, -0.2) is 0 Å². The van der Waals surface area contributed by atoms with Crippen molar-refractivity contribution in [2.24, 2.45) is 11.7 Å². The molecule has 1 aromatic rings. The highest BCUT2D eigenvalue weighted by Gasteiger charge is 2.38. The third-order valence-electron chi connectivity index (χ3n) is 4.51. The van der Waals surface area contributed by atoms with Gasteiger partial charge >= 0.3 is 0 Å². The maximum absolute atomic E-state index is 6.80. The van der Waals surface area contributed by atoms with E-state index in [-0.39, 0.29) is 5.54 Å². The summed E-state index contributed by atoms with van der Waals surface area (Å²) in [7, 11) is 0. The smallest absolute Gasteiger partial charge is 0.0440 e. The maximum atomic E-state index is 6.80. The summed E-state index contributed by atoms with van der Waals surface area (Å²) >= 11 is 0. The van der Waals surface area contributed by atoms with Crippen LogP contribution in [0.3, 0.4) is 0 Å². The summed E-state index contributed by atoms with van der Waals surface area (Å²) in [6, 6.07) is 6.72. The molecule has 1 nitrogen and oxygen atoms in total. The van der Waals surface area contributed by atoms with E-state index >= 15 is 0 Å². The summed E-state index contributed by atoms with van der Waals surface area (Å²) in [5.74, 6) is 0.650. The Morgan fingerprint density at radius 2 is 2.06 bits per heavy atom. The highest BCUT2D eigenvalue weighted by atomic mass is 14.8. The van der Waals surface area contributed by atoms with E-state index in [0.29, 0.717) is 5.92 Å². The maximum Gasteiger partial charge on any atom is 0.0440 e. The molecule has 0 radical (unpaired) electrons. The van der Waals surface area contributed by atoms with Gasteiger partial charge in [0.2, 0.25) is 0 Å². The summed E-state index contributed by atoms with van der Waals surface area (Å²) < 4.78 is 0. The molecule has 0 spiro atoms. The van der Waals surface area contributed by atoms with Crippen LogP contribution >= 0.6 is 0 Å². The molecule has 0 amide bonds. The zero-order valence-electron chi connectivity index (χ0n) is 11.4. The standard InChI is InChI=1S/C16H25N/c1-4-14-7-5-6-10-16(14,17)15-11-12(2)8-9-13(15)3/h8-9,11,14H,4-7,10,17H2,1-3H3. The predicted octanol–water partition coefficient (Wildman–Crippen LogP) is 4.06. The number of benzene rings is 1. The van der Waals surface area contributed by atoms with Gasteiger partial charge in [-0.05, 0) is 43.7 Å². The summed E-state index contributed by atoms with van der Waals surface area (Å²) in [6.07, 6.45) is 6.27. The van der Waals surface area contributed by atoms with Crippen molar-refractivity contribution < 1.29 is 0 Å². The fourth-order valence-electron chi connectivity index (χ4n) is 3.43. The number of nitrogens with two attached hydrogens (primary N) is 1. The zero-order valence-corrected chi connectivity index (χ0v) is 11.4. The highest BCUT2D eigenvalue weighted by molar-refractivity contribution is 5.37. The van der Waals surface area contributed by atoms with Gasteiger partial charge < -0.3 is 5.73 Å². The molecule has 1 fully saturated rings. The zero-order chi connectivity index (χ0) is 12.5. The summed E-state index contributed by atoms with van der Waals surface area (Å²) in [6.45, 7) is 6.64. The molecule has 0 bridgehead atoms. The van der Waals surface area contributed by atoms with Crippen LogP contribution in [0.15, 0.2) is 18.2 Å². The lowest BCUT2D eigenvalue weighted by Crippen LogP contribution is -2.46. The molecule has 1 aliphatic rings. The molecular weight excluding hydrogens is 206 g/mol. The van der Waals surface area contributed by atoms with Crippen molar-refractivity contribution >= 4 is 0 Å². The third-order valence-corrected chi connectivity index (χ3v) is 4.51. The Morgan fingerprint density at radius 3 is 2.76 bits per heavy atom. The van der Waals surface area contributed by atoms with Gasteiger partial charge in [0.15, 0.2) is 0 Å². The fraction of sp³-hybridized carbons (Fsp3) is 0.625. The van der Waals surface area contributed by atoms with Gasteiger partial charge in [-0.15, -0.1) is 0 Å². The van der Waals surface area contributed by atoms with E-state index < -0.39 is 0 Å². The monoisotopic (exact) mass is 231 g/mol. The average Bonchev–Trinajstić information content (AvgIpc) is 2.33. The van der Waals surface area contributed by atoms with Crippen molar-refractivity contribution in [3.63, 3.8) is 0 Å². The second-order valence-corrected chi connectivity index (χ2v) is 5.71. The van der Waals surface area contributed by atoms with E-state index in [9.17, 15) is 0 Å². The minimum atomic E-state index is -0.0803. The molecule has 2 N–H and O–H groups in total. The number of aryl methyl sites for hydroxylation is 2. The quantitative estimate of drug-likeness (QED) is 0.816. The van der Waals surface area contributed by atoms with Crippen LogP contribution < -0.4 is 5.73 Å². The van der Waals surface area contributed by atoms with Crippen LogP contribution in [-0.2, 0) is 5.54 Å². The van der Waals surface area contributed by atoms with Crippen LogP contribution in [0.25, 0.3) is 0 Å². The Hall–Kier alpha value is -0.820. The van der Waals surface area contributed by atoms with E-state index in [1.54, 1.807) is 0 Å². The molecule has 1 aliphatic carbocycles. The second-order valence-electron chi connectivity index (χ2n) is 5.71. The van der Waals surface area contributed by atoms with Gasteiger partial charge in [-0.3, -0.25) is 0 Å². The molecule has 17 heavy (non-hydrogen) atoms. The minimum Gasteiger partial charge on any atom is -0.321 e. The molecule has 94 valence electrons. The first-order chi connectivity index (χ1) is 8.08. The Bertz CT molecular complexity index is 397. The number of rotatable bonds is 2. The lowest BCUT2D eigenvalue weighted by atomic mass is 9.67. The molecule has 2 unspecified atom stereocenters. The van der Waals surface area contributed by atoms with E-state index in [1.807, 2.05) is 0 Å². The Labute approximate surface area is 105 Å². The first-order valence-corrected chi connectivity index (χ1v) is 6.94. The van der Waals surface area contributed by atoms with Crippen LogP contribution in [0.2, 0.25) is 0 Å². The lowest BCUT2D eigenvalue weighted by Gasteiger charge is -2.42. The predicted molar refractivity (Wildman–Crippen MR) is 74.0 cm³/mol. The fourth-order valence-corrected chi connectivity index (χ4v) is 3.43. The molecule has 0 aliphatic heterocycles. The van der Waals surface area contributed by atoms with Crippen LogP contribution in [0.5, 0.6) is 0 Å². The van der Waals surface area contributed by atoms with E-state index in [4.69, 9.17) is 5.73 Å². The molecule has 1 heteroatoms. The SMILES string of the molecule is CCC1CCCCC1(N)c1cc(C)ccc1C. The molecule has 0 saturated heterocycles. The topological polar surface area (TPSA) is 26.0 Å². The molecule has 1 saturated carbocycles. The molecular formula is C16H25N. The average molecular weight is 231 g/mol. The van der Waals surface area contributed by atoms with Crippen molar-refractivity contribution in [2.75, 3.05) is 0 Å². The van der Waals surface area contributed by atoms with Gasteiger partial charge in [0.05, 0.1) is 0 Å². The van der Waals surface area contributed by atoms with Crippen LogP contribution in [0.1, 0.15) is 55.7 Å². The van der Waals surface area contributed by atoms with Crippen molar-refractivity contribution in [3.8, 4) is 0 Å². The van der Waals surface area contributed by atoms with Crippen molar-refractivity contribution in [2.45, 2.75) is 58.4 Å². The van der Waals surface area contributed by atoms with Gasteiger partial charge in [-0.1, -0.05) is 49.9 Å². The van der Waals surface area contributed by atoms with Crippen molar-refractivity contribution in [3.05, 3.63) is 34.9 Å². The van der Waals surface area contributed by atoms with E-state index in [1.165, 1.54) is 42.4 Å².